The zero-order valence-electron chi connectivity index (χ0n) is 15.2. The Morgan fingerprint density at radius 1 is 1.07 bits per heavy atom. The van der Waals surface area contributed by atoms with Gasteiger partial charge in [0.2, 0.25) is 5.91 Å². The molecule has 6 nitrogen and oxygen atoms in total. The van der Waals surface area contributed by atoms with Crippen LogP contribution in [-0.4, -0.2) is 38.2 Å². The molecule has 0 spiro atoms. The molecule has 0 aliphatic carbocycles. The largest absolute Gasteiger partial charge is 0.351 e. The molecular formula is C21H23N5O. The van der Waals surface area contributed by atoms with E-state index in [1.807, 2.05) is 42.5 Å². The van der Waals surface area contributed by atoms with Crippen LogP contribution in [0, 0.1) is 0 Å². The first-order chi connectivity index (χ1) is 13.3. The zero-order valence-corrected chi connectivity index (χ0v) is 15.2. The molecule has 27 heavy (non-hydrogen) atoms. The van der Waals surface area contributed by atoms with Crippen molar-refractivity contribution in [2.24, 2.45) is 0 Å². The van der Waals surface area contributed by atoms with Gasteiger partial charge in [-0.25, -0.2) is 9.67 Å². The van der Waals surface area contributed by atoms with Crippen LogP contribution < -0.4 is 5.32 Å². The highest BCUT2D eigenvalue weighted by atomic mass is 16.2. The number of hydrogen-bond donors (Lipinski definition) is 1. The van der Waals surface area contributed by atoms with E-state index in [9.17, 15) is 4.79 Å². The number of benzene rings is 2. The summed E-state index contributed by atoms with van der Waals surface area (Å²) >= 11 is 0. The van der Waals surface area contributed by atoms with Crippen LogP contribution >= 0.6 is 0 Å². The highest BCUT2D eigenvalue weighted by molar-refractivity contribution is 5.82. The molecule has 1 fully saturated rings. The van der Waals surface area contributed by atoms with Crippen LogP contribution in [0.1, 0.15) is 24.0 Å². The zero-order chi connectivity index (χ0) is 18.5. The second-order valence-corrected chi connectivity index (χ2v) is 6.84. The van der Waals surface area contributed by atoms with Crippen molar-refractivity contribution in [1.29, 1.82) is 0 Å². The molecule has 1 aliphatic heterocycles. The number of nitrogens with zero attached hydrogens (tertiary/aromatic N) is 4. The predicted octanol–water partition coefficient (Wildman–Crippen LogP) is 2.55. The minimum Gasteiger partial charge on any atom is -0.351 e. The predicted molar refractivity (Wildman–Crippen MR) is 103 cm³/mol. The topological polar surface area (TPSA) is 63.1 Å². The number of carbonyl (C=O) groups is 1. The molecule has 1 unspecified atom stereocenters. The fourth-order valence-corrected chi connectivity index (χ4v) is 3.55. The maximum absolute atomic E-state index is 12.7. The fourth-order valence-electron chi connectivity index (χ4n) is 3.55. The Morgan fingerprint density at radius 2 is 1.89 bits per heavy atom. The van der Waals surface area contributed by atoms with Crippen LogP contribution in [0.4, 0.5) is 0 Å². The van der Waals surface area contributed by atoms with Gasteiger partial charge in [-0.05, 0) is 42.6 Å². The lowest BCUT2D eigenvalue weighted by molar-refractivity contribution is -0.125. The number of nitrogens with one attached hydrogen (secondary N) is 1. The Kier molecular flexibility index (Phi) is 5.25. The summed E-state index contributed by atoms with van der Waals surface area (Å²) in [5.41, 5.74) is 3.27. The van der Waals surface area contributed by atoms with Gasteiger partial charge in [0.05, 0.1) is 11.7 Å². The average Bonchev–Trinajstić information content (AvgIpc) is 3.40. The molecule has 3 aromatic rings. The summed E-state index contributed by atoms with van der Waals surface area (Å²) in [6.45, 7) is 2.33. The molecule has 0 radical (unpaired) electrons. The van der Waals surface area contributed by atoms with Gasteiger partial charge < -0.3 is 5.32 Å². The summed E-state index contributed by atoms with van der Waals surface area (Å²) in [7, 11) is 0. The van der Waals surface area contributed by atoms with Crippen molar-refractivity contribution in [3.05, 3.63) is 78.4 Å². The van der Waals surface area contributed by atoms with Crippen LogP contribution in [0.3, 0.4) is 0 Å². The summed E-state index contributed by atoms with van der Waals surface area (Å²) in [6, 6.07) is 18.3. The van der Waals surface area contributed by atoms with Crippen LogP contribution in [0.15, 0.2) is 67.3 Å². The SMILES string of the molecule is O=C(NCc1ccc(-n2cncn2)cc1)C1CCCN1Cc1ccccc1. The third kappa shape index (κ3) is 4.23. The molecule has 1 saturated heterocycles. The first-order valence-electron chi connectivity index (χ1n) is 9.29. The van der Waals surface area contributed by atoms with Gasteiger partial charge in [-0.15, -0.1) is 0 Å². The van der Waals surface area contributed by atoms with Crippen molar-refractivity contribution in [3.8, 4) is 5.69 Å². The molecule has 2 aromatic carbocycles. The van der Waals surface area contributed by atoms with Crippen molar-refractivity contribution in [2.75, 3.05) is 6.54 Å². The molecule has 138 valence electrons. The first-order valence-corrected chi connectivity index (χ1v) is 9.29. The molecule has 0 bridgehead atoms. The second-order valence-electron chi connectivity index (χ2n) is 6.84. The maximum atomic E-state index is 12.7. The standard InChI is InChI=1S/C21H23N5O/c27-21(20-7-4-12-25(20)14-18-5-2-1-3-6-18)23-13-17-8-10-19(11-9-17)26-16-22-15-24-26/h1-3,5-6,8-11,15-16,20H,4,7,12-14H2,(H,23,27). The van der Waals surface area contributed by atoms with E-state index in [0.29, 0.717) is 6.54 Å². The Hall–Kier alpha value is -2.99. The number of likely N-dealkylation sites (tertiary alicyclic amines) is 1. The summed E-state index contributed by atoms with van der Waals surface area (Å²) in [6.07, 6.45) is 5.16. The second kappa shape index (κ2) is 8.14. The number of rotatable bonds is 6. The quantitative estimate of drug-likeness (QED) is 0.733. The first kappa shape index (κ1) is 17.4. The van der Waals surface area contributed by atoms with Crippen LogP contribution in [0.2, 0.25) is 0 Å². The molecule has 0 saturated carbocycles. The van der Waals surface area contributed by atoms with E-state index >= 15 is 0 Å². The molecule has 1 amide bonds. The molecule has 6 heteroatoms. The normalized spacial score (nSPS) is 17.1. The van der Waals surface area contributed by atoms with E-state index in [0.717, 1.165) is 37.2 Å². The van der Waals surface area contributed by atoms with E-state index in [4.69, 9.17) is 0 Å². The van der Waals surface area contributed by atoms with Gasteiger partial charge in [-0.2, -0.15) is 5.10 Å². The summed E-state index contributed by atoms with van der Waals surface area (Å²) in [5.74, 6) is 0.115. The highest BCUT2D eigenvalue weighted by Gasteiger charge is 2.30. The molecule has 2 heterocycles. The minimum absolute atomic E-state index is 0.0420. The van der Waals surface area contributed by atoms with Gasteiger partial charge in [0.25, 0.3) is 0 Å². The highest BCUT2D eigenvalue weighted by Crippen LogP contribution is 2.20. The average molecular weight is 361 g/mol. The van der Waals surface area contributed by atoms with E-state index in [-0.39, 0.29) is 11.9 Å². The van der Waals surface area contributed by atoms with E-state index in [1.165, 1.54) is 11.9 Å². The van der Waals surface area contributed by atoms with Crippen molar-refractivity contribution >= 4 is 5.91 Å². The number of aromatic nitrogens is 3. The number of amides is 1. The number of carbonyl (C=O) groups excluding carboxylic acids is 1. The van der Waals surface area contributed by atoms with E-state index in [1.54, 1.807) is 11.0 Å². The van der Waals surface area contributed by atoms with Crippen molar-refractivity contribution in [1.82, 2.24) is 25.0 Å². The molecule has 1 atom stereocenters. The smallest absolute Gasteiger partial charge is 0.237 e. The number of hydrogen-bond acceptors (Lipinski definition) is 4. The Morgan fingerprint density at radius 3 is 2.63 bits per heavy atom. The monoisotopic (exact) mass is 361 g/mol. The van der Waals surface area contributed by atoms with Gasteiger partial charge in [0.1, 0.15) is 12.7 Å². The molecule has 1 N–H and O–H groups in total. The molecule has 1 aliphatic rings. The van der Waals surface area contributed by atoms with Crippen LogP contribution in [0.25, 0.3) is 5.69 Å². The van der Waals surface area contributed by atoms with Crippen molar-refractivity contribution in [2.45, 2.75) is 32.0 Å². The van der Waals surface area contributed by atoms with Gasteiger partial charge in [-0.1, -0.05) is 42.5 Å². The molecule has 4 rings (SSSR count). The van der Waals surface area contributed by atoms with Gasteiger partial charge in [0.15, 0.2) is 0 Å². The Bertz CT molecular complexity index is 861. The Balaban J connectivity index is 1.33. The van der Waals surface area contributed by atoms with Gasteiger partial charge in [0, 0.05) is 13.1 Å². The van der Waals surface area contributed by atoms with Gasteiger partial charge >= 0.3 is 0 Å². The van der Waals surface area contributed by atoms with Crippen LogP contribution in [-0.2, 0) is 17.9 Å². The van der Waals surface area contributed by atoms with E-state index in [2.05, 4.69) is 32.4 Å². The summed E-state index contributed by atoms with van der Waals surface area (Å²) in [5, 5.41) is 7.21. The lowest BCUT2D eigenvalue weighted by atomic mass is 10.1. The fraction of sp³-hybridized carbons (Fsp3) is 0.286. The summed E-state index contributed by atoms with van der Waals surface area (Å²) in [4.78, 5) is 18.9. The molecule has 1 aromatic heterocycles. The van der Waals surface area contributed by atoms with Crippen molar-refractivity contribution in [3.63, 3.8) is 0 Å². The van der Waals surface area contributed by atoms with Gasteiger partial charge in [-0.3, -0.25) is 9.69 Å². The third-order valence-corrected chi connectivity index (χ3v) is 4.98. The van der Waals surface area contributed by atoms with Crippen LogP contribution in [0.5, 0.6) is 0 Å². The maximum Gasteiger partial charge on any atom is 0.237 e. The summed E-state index contributed by atoms with van der Waals surface area (Å²) < 4.78 is 1.71. The lowest BCUT2D eigenvalue weighted by Crippen LogP contribution is -2.42. The van der Waals surface area contributed by atoms with E-state index < -0.39 is 0 Å². The molecular weight excluding hydrogens is 338 g/mol. The lowest BCUT2D eigenvalue weighted by Gasteiger charge is -2.23. The van der Waals surface area contributed by atoms with Crippen molar-refractivity contribution < 1.29 is 4.79 Å². The Labute approximate surface area is 158 Å². The third-order valence-electron chi connectivity index (χ3n) is 4.98. The minimum atomic E-state index is -0.0420.